The van der Waals surface area contributed by atoms with Crippen molar-refractivity contribution in [1.29, 1.82) is 0 Å². The van der Waals surface area contributed by atoms with Crippen LogP contribution < -0.4 is 5.32 Å². The predicted molar refractivity (Wildman–Crippen MR) is 79.1 cm³/mol. The van der Waals surface area contributed by atoms with E-state index in [0.717, 1.165) is 36.3 Å². The lowest BCUT2D eigenvalue weighted by Gasteiger charge is -2.13. The molecule has 0 radical (unpaired) electrons. The van der Waals surface area contributed by atoms with E-state index < -0.39 is 0 Å². The minimum Gasteiger partial charge on any atom is -0.314 e. The van der Waals surface area contributed by atoms with Gasteiger partial charge >= 0.3 is 0 Å². The monoisotopic (exact) mass is 250 g/mol. The highest BCUT2D eigenvalue weighted by Gasteiger charge is 2.62. The lowest BCUT2D eigenvalue weighted by molar-refractivity contribution is 0.418. The van der Waals surface area contributed by atoms with Crippen molar-refractivity contribution in [2.24, 2.45) is 39.5 Å². The molecule has 0 aromatic carbocycles. The molecule has 18 heavy (non-hydrogen) atoms. The summed E-state index contributed by atoms with van der Waals surface area (Å²) < 4.78 is 0. The Balaban J connectivity index is 0.000000127. The van der Waals surface area contributed by atoms with Crippen LogP contribution in [0.15, 0.2) is 4.99 Å². The van der Waals surface area contributed by atoms with Crippen LogP contribution in [0.2, 0.25) is 0 Å². The molecule has 0 spiro atoms. The van der Waals surface area contributed by atoms with Crippen LogP contribution in [-0.2, 0) is 0 Å². The van der Waals surface area contributed by atoms with Crippen molar-refractivity contribution in [3.63, 3.8) is 0 Å². The highest BCUT2D eigenvalue weighted by atomic mass is 15.0. The van der Waals surface area contributed by atoms with Gasteiger partial charge in [-0.1, -0.05) is 35.1 Å². The molecule has 2 aliphatic heterocycles. The molecule has 3 fully saturated rings. The Labute approximate surface area is 113 Å². The van der Waals surface area contributed by atoms with Gasteiger partial charge in [0.2, 0.25) is 0 Å². The Bertz CT molecular complexity index is 356. The Hall–Kier alpha value is -0.370. The van der Waals surface area contributed by atoms with Crippen molar-refractivity contribution < 1.29 is 0 Å². The van der Waals surface area contributed by atoms with Crippen molar-refractivity contribution in [3.05, 3.63) is 0 Å². The molecule has 5 atom stereocenters. The van der Waals surface area contributed by atoms with E-state index in [1.165, 1.54) is 6.54 Å². The number of hydrogen-bond acceptors (Lipinski definition) is 2. The summed E-state index contributed by atoms with van der Waals surface area (Å²) in [5.74, 6) is 3.72. The molecule has 2 heteroatoms. The summed E-state index contributed by atoms with van der Waals surface area (Å²) in [4.78, 5) is 4.18. The Morgan fingerprint density at radius 2 is 1.78 bits per heavy atom. The van der Waals surface area contributed by atoms with Crippen molar-refractivity contribution in [2.75, 3.05) is 13.1 Å². The number of piperidine rings is 1. The highest BCUT2D eigenvalue weighted by Crippen LogP contribution is 2.62. The predicted octanol–water partition coefficient (Wildman–Crippen LogP) is 3.23. The third-order valence-electron chi connectivity index (χ3n) is 6.04. The minimum atomic E-state index is 0. The fraction of sp³-hybridized carbons (Fsp3) is 0.938. The molecule has 0 aromatic heterocycles. The number of nitrogens with zero attached hydrogens (tertiary/aromatic N) is 1. The fourth-order valence-corrected chi connectivity index (χ4v) is 4.33. The van der Waals surface area contributed by atoms with Gasteiger partial charge < -0.3 is 5.32 Å². The van der Waals surface area contributed by atoms with Gasteiger partial charge in [-0.3, -0.25) is 4.99 Å². The maximum atomic E-state index is 4.18. The van der Waals surface area contributed by atoms with E-state index in [0.29, 0.717) is 10.8 Å². The second kappa shape index (κ2) is 4.06. The summed E-state index contributed by atoms with van der Waals surface area (Å²) in [6.07, 6.45) is 2.13. The zero-order valence-electron chi connectivity index (χ0n) is 11.8. The number of aliphatic imine (C=N–C) groups is 1. The maximum absolute atomic E-state index is 4.18. The number of nitrogens with one attached hydrogen (secondary N) is 1. The molecule has 104 valence electrons. The van der Waals surface area contributed by atoms with Crippen LogP contribution in [-0.4, -0.2) is 25.3 Å². The summed E-state index contributed by atoms with van der Waals surface area (Å²) in [6, 6.07) is 0.782. The number of rotatable bonds is 0. The summed E-state index contributed by atoms with van der Waals surface area (Å²) in [5, 5.41) is 3.47. The minimum absolute atomic E-state index is 0. The van der Waals surface area contributed by atoms with Gasteiger partial charge in [-0.05, 0) is 42.1 Å². The second-order valence-electron chi connectivity index (χ2n) is 7.62. The fourth-order valence-electron chi connectivity index (χ4n) is 4.33. The highest BCUT2D eigenvalue weighted by molar-refractivity contribution is 5.70. The maximum Gasteiger partial charge on any atom is 0.0425 e. The molecule has 4 aliphatic rings. The summed E-state index contributed by atoms with van der Waals surface area (Å²) >= 11 is 0. The smallest absolute Gasteiger partial charge is 0.0425 e. The zero-order valence-corrected chi connectivity index (χ0v) is 11.8. The Kier molecular flexibility index (Phi) is 3.17. The number of fused-ring (bicyclic) bond motifs is 2. The Morgan fingerprint density at radius 3 is 2.00 bits per heavy atom. The molecular formula is C16H30N2. The van der Waals surface area contributed by atoms with Gasteiger partial charge in [0.25, 0.3) is 0 Å². The Morgan fingerprint density at radius 1 is 1.11 bits per heavy atom. The van der Waals surface area contributed by atoms with Gasteiger partial charge in [-0.2, -0.15) is 0 Å². The van der Waals surface area contributed by atoms with Gasteiger partial charge in [-0.25, -0.2) is 0 Å². The third kappa shape index (κ3) is 1.84. The van der Waals surface area contributed by atoms with Gasteiger partial charge in [0.15, 0.2) is 0 Å². The van der Waals surface area contributed by atoms with Crippen LogP contribution in [0.3, 0.4) is 0 Å². The van der Waals surface area contributed by atoms with E-state index in [1.54, 1.807) is 0 Å². The van der Waals surface area contributed by atoms with Gasteiger partial charge in [0.05, 0.1) is 0 Å². The van der Waals surface area contributed by atoms with E-state index in [9.17, 15) is 0 Å². The standard InChI is InChI=1S/C8H15N.C7H11N.CH4/c1-5-7-6(4-9-5)8(7,2)3;1-7(2)5-3-8-4-6(5)7;/h5-7,9H,4H2,1-3H3;3,5-6H,4H2,1-2H3;1H4/t5-,6+,7-;5-,6+;/m11./s1. The first-order valence-electron chi connectivity index (χ1n) is 7.10. The van der Waals surface area contributed by atoms with Crippen LogP contribution >= 0.6 is 0 Å². The van der Waals surface area contributed by atoms with E-state index in [4.69, 9.17) is 0 Å². The van der Waals surface area contributed by atoms with Crippen molar-refractivity contribution in [2.45, 2.75) is 48.1 Å². The molecule has 2 aliphatic carbocycles. The number of hydrogen-bond donors (Lipinski definition) is 1. The molecule has 1 N–H and O–H groups in total. The normalized spacial score (nSPS) is 47.3. The summed E-state index contributed by atoms with van der Waals surface area (Å²) in [6.45, 7) is 14.1. The topological polar surface area (TPSA) is 24.4 Å². The molecule has 2 heterocycles. The van der Waals surface area contributed by atoms with Crippen molar-refractivity contribution in [1.82, 2.24) is 5.32 Å². The van der Waals surface area contributed by atoms with Crippen LogP contribution in [0, 0.1) is 34.5 Å². The molecule has 2 nitrogen and oxygen atoms in total. The van der Waals surface area contributed by atoms with E-state index in [2.05, 4.69) is 51.1 Å². The lowest BCUT2D eigenvalue weighted by atomic mass is 10.0. The van der Waals surface area contributed by atoms with Gasteiger partial charge in [-0.15, -0.1) is 0 Å². The first-order valence-corrected chi connectivity index (χ1v) is 7.10. The molecule has 0 unspecified atom stereocenters. The molecule has 1 saturated heterocycles. The van der Waals surface area contributed by atoms with Crippen molar-refractivity contribution in [3.8, 4) is 0 Å². The van der Waals surface area contributed by atoms with Crippen LogP contribution in [0.4, 0.5) is 0 Å². The lowest BCUT2D eigenvalue weighted by Crippen LogP contribution is -2.27. The molecule has 2 saturated carbocycles. The van der Waals surface area contributed by atoms with E-state index >= 15 is 0 Å². The average molecular weight is 250 g/mol. The summed E-state index contributed by atoms with van der Waals surface area (Å²) in [5.41, 5.74) is 1.28. The SMILES string of the molecule is C.CC1(C)[C@@H]2C=NC[C@@H]21.C[C@H]1NC[C@H]2[C@@H]1C2(C)C. The third-order valence-corrected chi connectivity index (χ3v) is 6.04. The van der Waals surface area contributed by atoms with Crippen LogP contribution in [0.25, 0.3) is 0 Å². The van der Waals surface area contributed by atoms with E-state index in [-0.39, 0.29) is 7.43 Å². The molecule has 0 bridgehead atoms. The second-order valence-corrected chi connectivity index (χ2v) is 7.62. The van der Waals surface area contributed by atoms with Gasteiger partial charge in [0, 0.05) is 24.7 Å². The van der Waals surface area contributed by atoms with Crippen LogP contribution in [0.5, 0.6) is 0 Å². The zero-order chi connectivity index (χ0) is 12.4. The van der Waals surface area contributed by atoms with Crippen LogP contribution in [0.1, 0.15) is 42.0 Å². The first kappa shape index (κ1) is 14.0. The molecule has 0 aromatic rings. The molecule has 0 amide bonds. The van der Waals surface area contributed by atoms with E-state index in [1.807, 2.05) is 0 Å². The first-order chi connectivity index (χ1) is 7.87. The van der Waals surface area contributed by atoms with Crippen molar-refractivity contribution >= 4 is 6.21 Å². The van der Waals surface area contributed by atoms with Gasteiger partial charge in [0.1, 0.15) is 0 Å². The average Bonchev–Trinajstić information content (AvgIpc) is 2.82. The molecule has 4 rings (SSSR count). The quantitative estimate of drug-likeness (QED) is 0.701. The largest absolute Gasteiger partial charge is 0.314 e. The summed E-state index contributed by atoms with van der Waals surface area (Å²) in [7, 11) is 0. The molecular weight excluding hydrogens is 220 g/mol.